The van der Waals surface area contributed by atoms with Crippen LogP contribution in [-0.4, -0.2) is 51.4 Å². The molecule has 1 fully saturated rings. The maximum absolute atomic E-state index is 11.7. The molecule has 1 saturated heterocycles. The third-order valence-electron chi connectivity index (χ3n) is 3.24. The van der Waals surface area contributed by atoms with E-state index in [4.69, 9.17) is 0 Å². The predicted molar refractivity (Wildman–Crippen MR) is 77.7 cm³/mol. The van der Waals surface area contributed by atoms with Crippen molar-refractivity contribution in [2.45, 2.75) is 12.8 Å². The standard InChI is InChI=1S/C11H20N4O2S2/c1-14(2)19(16,17)13-8-10-4-3-6-15(9-10)11-12-5-7-18-11/h5,7,10,13H,3-4,6,8-9H2,1-2H3. The second-order valence-corrected chi connectivity index (χ2v) is 7.75. The van der Waals surface area contributed by atoms with E-state index in [1.165, 1.54) is 18.4 Å². The third-order valence-corrected chi connectivity index (χ3v) is 5.57. The van der Waals surface area contributed by atoms with Gasteiger partial charge in [0.15, 0.2) is 5.13 Å². The summed E-state index contributed by atoms with van der Waals surface area (Å²) in [5, 5.41) is 2.99. The molecule has 1 aromatic rings. The van der Waals surface area contributed by atoms with Gasteiger partial charge in [-0.1, -0.05) is 0 Å². The van der Waals surface area contributed by atoms with Gasteiger partial charge >= 0.3 is 0 Å². The molecule has 2 rings (SSSR count). The highest BCUT2D eigenvalue weighted by Crippen LogP contribution is 2.24. The van der Waals surface area contributed by atoms with E-state index in [9.17, 15) is 8.42 Å². The highest BCUT2D eigenvalue weighted by Gasteiger charge is 2.23. The Bertz CT molecular complexity index is 487. The minimum Gasteiger partial charge on any atom is -0.348 e. The predicted octanol–water partition coefficient (Wildman–Crippen LogP) is 0.756. The third kappa shape index (κ3) is 3.88. The molecule has 0 saturated carbocycles. The number of piperidine rings is 1. The minimum atomic E-state index is -3.32. The van der Waals surface area contributed by atoms with Crippen molar-refractivity contribution in [1.82, 2.24) is 14.0 Å². The molecule has 0 bridgehead atoms. The van der Waals surface area contributed by atoms with Crippen LogP contribution in [0.15, 0.2) is 11.6 Å². The van der Waals surface area contributed by atoms with Gasteiger partial charge in [0.25, 0.3) is 10.2 Å². The van der Waals surface area contributed by atoms with Crippen LogP contribution >= 0.6 is 11.3 Å². The van der Waals surface area contributed by atoms with Crippen molar-refractivity contribution in [1.29, 1.82) is 0 Å². The molecule has 8 heteroatoms. The van der Waals surface area contributed by atoms with Crippen LogP contribution < -0.4 is 9.62 Å². The number of nitrogens with one attached hydrogen (secondary N) is 1. The second-order valence-electron chi connectivity index (χ2n) is 4.90. The smallest absolute Gasteiger partial charge is 0.278 e. The number of hydrogen-bond donors (Lipinski definition) is 1. The monoisotopic (exact) mass is 304 g/mol. The summed E-state index contributed by atoms with van der Waals surface area (Å²) in [6, 6.07) is 0. The molecule has 1 aromatic heterocycles. The Hall–Kier alpha value is -0.700. The molecule has 0 amide bonds. The van der Waals surface area contributed by atoms with Crippen LogP contribution in [-0.2, 0) is 10.2 Å². The van der Waals surface area contributed by atoms with Crippen molar-refractivity contribution in [3.05, 3.63) is 11.6 Å². The molecule has 108 valence electrons. The van der Waals surface area contributed by atoms with Crippen molar-refractivity contribution in [3.8, 4) is 0 Å². The molecule has 0 spiro atoms. The molecular formula is C11H20N4O2S2. The summed E-state index contributed by atoms with van der Waals surface area (Å²) in [5.74, 6) is 0.340. The molecule has 1 N–H and O–H groups in total. The normalized spacial score (nSPS) is 21.0. The lowest BCUT2D eigenvalue weighted by Gasteiger charge is -2.32. The summed E-state index contributed by atoms with van der Waals surface area (Å²) < 4.78 is 27.2. The number of rotatable bonds is 5. The molecule has 1 aliphatic rings. The molecular weight excluding hydrogens is 284 g/mol. The van der Waals surface area contributed by atoms with Crippen LogP contribution in [0.1, 0.15) is 12.8 Å². The van der Waals surface area contributed by atoms with Gasteiger partial charge in [-0.2, -0.15) is 12.7 Å². The van der Waals surface area contributed by atoms with Gasteiger partial charge in [0, 0.05) is 45.3 Å². The SMILES string of the molecule is CN(C)S(=O)(=O)NCC1CCCN(c2nccs2)C1. The van der Waals surface area contributed by atoms with Crippen LogP contribution in [0.5, 0.6) is 0 Å². The molecule has 0 radical (unpaired) electrons. The first-order chi connectivity index (χ1) is 8.99. The van der Waals surface area contributed by atoms with E-state index in [2.05, 4.69) is 14.6 Å². The van der Waals surface area contributed by atoms with E-state index >= 15 is 0 Å². The highest BCUT2D eigenvalue weighted by molar-refractivity contribution is 7.87. The van der Waals surface area contributed by atoms with Gasteiger partial charge in [-0.05, 0) is 18.8 Å². The van der Waals surface area contributed by atoms with Crippen LogP contribution in [0, 0.1) is 5.92 Å². The zero-order valence-electron chi connectivity index (χ0n) is 11.2. The molecule has 1 atom stereocenters. The van der Waals surface area contributed by atoms with Gasteiger partial charge in [-0.15, -0.1) is 11.3 Å². The first-order valence-corrected chi connectivity index (χ1v) is 8.62. The van der Waals surface area contributed by atoms with E-state index < -0.39 is 10.2 Å². The fraction of sp³-hybridized carbons (Fsp3) is 0.727. The summed E-state index contributed by atoms with van der Waals surface area (Å²) in [6.07, 6.45) is 3.93. The van der Waals surface area contributed by atoms with Crippen molar-refractivity contribution in [2.24, 2.45) is 5.92 Å². The molecule has 1 unspecified atom stereocenters. The lowest BCUT2D eigenvalue weighted by Crippen LogP contribution is -2.43. The molecule has 2 heterocycles. The van der Waals surface area contributed by atoms with Gasteiger partial charge in [-0.3, -0.25) is 0 Å². The Morgan fingerprint density at radius 3 is 3.00 bits per heavy atom. The van der Waals surface area contributed by atoms with Gasteiger partial charge in [-0.25, -0.2) is 9.71 Å². The zero-order chi connectivity index (χ0) is 13.9. The van der Waals surface area contributed by atoms with E-state index in [0.29, 0.717) is 12.5 Å². The Morgan fingerprint density at radius 2 is 2.37 bits per heavy atom. The van der Waals surface area contributed by atoms with Gasteiger partial charge in [0.05, 0.1) is 0 Å². The Balaban J connectivity index is 1.88. The zero-order valence-corrected chi connectivity index (χ0v) is 12.9. The topological polar surface area (TPSA) is 65.5 Å². The van der Waals surface area contributed by atoms with E-state index in [1.54, 1.807) is 17.5 Å². The second kappa shape index (κ2) is 6.17. The first-order valence-electron chi connectivity index (χ1n) is 6.30. The van der Waals surface area contributed by atoms with Crippen LogP contribution in [0.4, 0.5) is 5.13 Å². The minimum absolute atomic E-state index is 0.340. The largest absolute Gasteiger partial charge is 0.348 e. The maximum Gasteiger partial charge on any atom is 0.278 e. The fourth-order valence-electron chi connectivity index (χ4n) is 2.13. The number of aromatic nitrogens is 1. The number of hydrogen-bond acceptors (Lipinski definition) is 5. The average molecular weight is 304 g/mol. The number of thiazole rings is 1. The van der Waals surface area contributed by atoms with Gasteiger partial charge < -0.3 is 4.90 Å². The van der Waals surface area contributed by atoms with Crippen molar-refractivity contribution < 1.29 is 8.42 Å². The Morgan fingerprint density at radius 1 is 1.58 bits per heavy atom. The molecule has 19 heavy (non-hydrogen) atoms. The summed E-state index contributed by atoms with van der Waals surface area (Å²) >= 11 is 1.63. The van der Waals surface area contributed by atoms with Crippen LogP contribution in [0.25, 0.3) is 0 Å². The van der Waals surface area contributed by atoms with Crippen molar-refractivity contribution in [3.63, 3.8) is 0 Å². The highest BCUT2D eigenvalue weighted by atomic mass is 32.2. The van der Waals surface area contributed by atoms with E-state index in [1.807, 2.05) is 5.38 Å². The Labute approximate surface area is 118 Å². The first kappa shape index (κ1) is 14.7. The van der Waals surface area contributed by atoms with Gasteiger partial charge in [0.2, 0.25) is 0 Å². The number of nitrogens with zero attached hydrogens (tertiary/aromatic N) is 3. The fourth-order valence-corrected chi connectivity index (χ4v) is 3.51. The van der Waals surface area contributed by atoms with Crippen LogP contribution in [0.2, 0.25) is 0 Å². The summed E-state index contributed by atoms with van der Waals surface area (Å²) in [6.45, 7) is 2.36. The summed E-state index contributed by atoms with van der Waals surface area (Å²) in [5.41, 5.74) is 0. The number of anilines is 1. The van der Waals surface area contributed by atoms with Crippen molar-refractivity contribution in [2.75, 3.05) is 38.6 Å². The van der Waals surface area contributed by atoms with Crippen molar-refractivity contribution >= 4 is 26.7 Å². The maximum atomic E-state index is 11.7. The molecule has 1 aliphatic heterocycles. The summed E-state index contributed by atoms with van der Waals surface area (Å²) in [4.78, 5) is 6.55. The van der Waals surface area contributed by atoms with E-state index in [-0.39, 0.29) is 0 Å². The molecule has 0 aromatic carbocycles. The van der Waals surface area contributed by atoms with Crippen LogP contribution in [0.3, 0.4) is 0 Å². The molecule has 0 aliphatic carbocycles. The summed E-state index contributed by atoms with van der Waals surface area (Å²) in [7, 11) is -0.251. The van der Waals surface area contributed by atoms with Gasteiger partial charge in [0.1, 0.15) is 0 Å². The lowest BCUT2D eigenvalue weighted by atomic mass is 9.99. The average Bonchev–Trinajstić information content (AvgIpc) is 2.90. The quantitative estimate of drug-likeness (QED) is 0.872. The lowest BCUT2D eigenvalue weighted by molar-refractivity contribution is 0.405. The Kier molecular flexibility index (Phi) is 4.77. The van der Waals surface area contributed by atoms with E-state index in [0.717, 1.165) is 31.1 Å². The molecule has 6 nitrogen and oxygen atoms in total.